The van der Waals surface area contributed by atoms with Gasteiger partial charge in [0.1, 0.15) is 11.6 Å². The molecule has 1 aliphatic rings. The van der Waals surface area contributed by atoms with Crippen molar-refractivity contribution in [2.45, 2.75) is 31.7 Å². The predicted octanol–water partition coefficient (Wildman–Crippen LogP) is 4.29. The first kappa shape index (κ1) is 16.7. The van der Waals surface area contributed by atoms with E-state index in [2.05, 4.69) is 25.6 Å². The topological polar surface area (TPSA) is 79.8 Å². The summed E-state index contributed by atoms with van der Waals surface area (Å²) in [6.45, 7) is 0. The molecule has 132 valence electrons. The lowest BCUT2D eigenvalue weighted by Crippen LogP contribution is -2.21. The van der Waals surface area contributed by atoms with E-state index in [0.717, 1.165) is 18.2 Å². The molecule has 3 heterocycles. The van der Waals surface area contributed by atoms with Gasteiger partial charge in [-0.1, -0.05) is 24.4 Å². The van der Waals surface area contributed by atoms with Gasteiger partial charge in [-0.15, -0.1) is 0 Å². The van der Waals surface area contributed by atoms with E-state index < -0.39 is 0 Å². The molecule has 1 saturated carbocycles. The Bertz CT molecular complexity index is 956. The quantitative estimate of drug-likeness (QED) is 0.719. The zero-order chi connectivity index (χ0) is 17.9. The van der Waals surface area contributed by atoms with Crippen molar-refractivity contribution in [2.75, 3.05) is 10.6 Å². The Morgan fingerprint density at radius 3 is 2.77 bits per heavy atom. The average Bonchev–Trinajstić information content (AvgIpc) is 3.15. The molecule has 0 saturated heterocycles. The molecule has 7 heteroatoms. The molecule has 0 bridgehead atoms. The summed E-state index contributed by atoms with van der Waals surface area (Å²) in [5, 5.41) is 7.54. The zero-order valence-corrected chi connectivity index (χ0v) is 14.8. The number of amides is 1. The number of nitrogens with one attached hydrogen (secondary N) is 2. The Labute approximate surface area is 156 Å². The van der Waals surface area contributed by atoms with Gasteiger partial charge in [0.05, 0.1) is 10.6 Å². The Hall–Kier alpha value is -2.73. The third-order valence-electron chi connectivity index (χ3n) is 4.54. The summed E-state index contributed by atoms with van der Waals surface area (Å²) >= 11 is 6.13. The standard InChI is InChI=1S/C19H18ClN5O/c20-15-9-11-22-17-13(15)7-8-16(24-17)25-19(26)14-6-3-10-21-18(14)23-12-4-1-2-5-12/h3,6-12H,1-2,4-5H2,(H,21,23)(H,22,24,25,26). The number of carbonyl (C=O) groups is 1. The van der Waals surface area contributed by atoms with Crippen LogP contribution in [0.3, 0.4) is 0 Å². The lowest BCUT2D eigenvalue weighted by Gasteiger charge is -2.15. The Kier molecular flexibility index (Phi) is 4.67. The second kappa shape index (κ2) is 7.25. The van der Waals surface area contributed by atoms with Crippen molar-refractivity contribution in [1.82, 2.24) is 15.0 Å². The molecule has 0 aromatic carbocycles. The van der Waals surface area contributed by atoms with E-state index in [1.165, 1.54) is 12.8 Å². The number of hydrogen-bond donors (Lipinski definition) is 2. The molecule has 1 aliphatic carbocycles. The molecule has 4 rings (SSSR count). The maximum Gasteiger partial charge on any atom is 0.260 e. The van der Waals surface area contributed by atoms with Crippen molar-refractivity contribution in [2.24, 2.45) is 0 Å². The number of halogens is 1. The van der Waals surface area contributed by atoms with Crippen molar-refractivity contribution in [1.29, 1.82) is 0 Å². The molecular formula is C19H18ClN5O. The van der Waals surface area contributed by atoms with E-state index in [1.807, 2.05) is 0 Å². The maximum absolute atomic E-state index is 12.7. The molecule has 0 unspecified atom stereocenters. The number of carbonyl (C=O) groups excluding carboxylic acids is 1. The molecule has 0 aliphatic heterocycles. The summed E-state index contributed by atoms with van der Waals surface area (Å²) in [6, 6.07) is 9.12. The minimum absolute atomic E-state index is 0.257. The van der Waals surface area contributed by atoms with Crippen LogP contribution in [0.1, 0.15) is 36.0 Å². The van der Waals surface area contributed by atoms with Gasteiger partial charge in [0, 0.05) is 23.8 Å². The lowest BCUT2D eigenvalue weighted by atomic mass is 10.2. The average molecular weight is 368 g/mol. The van der Waals surface area contributed by atoms with E-state index in [-0.39, 0.29) is 5.91 Å². The number of nitrogens with zero attached hydrogens (tertiary/aromatic N) is 3. The Balaban J connectivity index is 1.56. The third kappa shape index (κ3) is 3.46. The minimum Gasteiger partial charge on any atom is -0.367 e. The van der Waals surface area contributed by atoms with E-state index in [9.17, 15) is 4.79 Å². The van der Waals surface area contributed by atoms with Gasteiger partial charge < -0.3 is 10.6 Å². The molecule has 1 amide bonds. The largest absolute Gasteiger partial charge is 0.367 e. The minimum atomic E-state index is -0.257. The van der Waals surface area contributed by atoms with Gasteiger partial charge in [-0.25, -0.2) is 15.0 Å². The van der Waals surface area contributed by atoms with Crippen molar-refractivity contribution in [3.63, 3.8) is 0 Å². The van der Waals surface area contributed by atoms with Gasteiger partial charge in [-0.05, 0) is 43.2 Å². The molecule has 3 aromatic rings. The van der Waals surface area contributed by atoms with Crippen LogP contribution < -0.4 is 10.6 Å². The first-order chi connectivity index (χ1) is 12.7. The van der Waals surface area contributed by atoms with E-state index >= 15 is 0 Å². The van der Waals surface area contributed by atoms with Crippen molar-refractivity contribution < 1.29 is 4.79 Å². The second-order valence-corrected chi connectivity index (χ2v) is 6.75. The number of pyridine rings is 3. The van der Waals surface area contributed by atoms with Crippen LogP contribution in [0.25, 0.3) is 11.0 Å². The number of fused-ring (bicyclic) bond motifs is 1. The summed E-state index contributed by atoms with van der Waals surface area (Å²) in [5.41, 5.74) is 0.992. The number of anilines is 2. The van der Waals surface area contributed by atoms with Gasteiger partial charge in [-0.3, -0.25) is 4.79 Å². The number of aromatic nitrogens is 3. The highest BCUT2D eigenvalue weighted by Gasteiger charge is 2.19. The van der Waals surface area contributed by atoms with E-state index in [4.69, 9.17) is 11.6 Å². The highest BCUT2D eigenvalue weighted by atomic mass is 35.5. The lowest BCUT2D eigenvalue weighted by molar-refractivity contribution is 0.102. The van der Waals surface area contributed by atoms with Crippen LogP contribution in [0.2, 0.25) is 5.02 Å². The monoisotopic (exact) mass is 367 g/mol. The van der Waals surface area contributed by atoms with Crippen LogP contribution in [0, 0.1) is 0 Å². The van der Waals surface area contributed by atoms with Crippen LogP contribution >= 0.6 is 11.6 Å². The second-order valence-electron chi connectivity index (χ2n) is 6.34. The van der Waals surface area contributed by atoms with E-state index in [0.29, 0.717) is 33.9 Å². The number of rotatable bonds is 4. The van der Waals surface area contributed by atoms with Crippen LogP contribution in [0.15, 0.2) is 42.7 Å². The highest BCUT2D eigenvalue weighted by molar-refractivity contribution is 6.35. The zero-order valence-electron chi connectivity index (χ0n) is 14.1. The van der Waals surface area contributed by atoms with Gasteiger partial charge in [0.25, 0.3) is 5.91 Å². The predicted molar refractivity (Wildman–Crippen MR) is 103 cm³/mol. The summed E-state index contributed by atoms with van der Waals surface area (Å²) in [5.74, 6) is 0.777. The SMILES string of the molecule is O=C(Nc1ccc2c(Cl)ccnc2n1)c1cccnc1NC1CCCC1. The highest BCUT2D eigenvalue weighted by Crippen LogP contribution is 2.24. The van der Waals surface area contributed by atoms with Crippen LogP contribution in [0.4, 0.5) is 11.6 Å². The van der Waals surface area contributed by atoms with Crippen LogP contribution in [0.5, 0.6) is 0 Å². The van der Waals surface area contributed by atoms with Crippen molar-refractivity contribution in [3.05, 3.63) is 53.3 Å². The Morgan fingerprint density at radius 1 is 1.08 bits per heavy atom. The Morgan fingerprint density at radius 2 is 1.92 bits per heavy atom. The molecule has 3 aromatic heterocycles. The smallest absolute Gasteiger partial charge is 0.260 e. The molecule has 6 nitrogen and oxygen atoms in total. The maximum atomic E-state index is 12.7. The van der Waals surface area contributed by atoms with Crippen LogP contribution in [-0.2, 0) is 0 Å². The van der Waals surface area contributed by atoms with Crippen molar-refractivity contribution in [3.8, 4) is 0 Å². The van der Waals surface area contributed by atoms with Gasteiger partial charge in [-0.2, -0.15) is 0 Å². The molecule has 26 heavy (non-hydrogen) atoms. The van der Waals surface area contributed by atoms with E-state index in [1.54, 1.807) is 42.7 Å². The van der Waals surface area contributed by atoms with Crippen molar-refractivity contribution >= 4 is 40.2 Å². The molecular weight excluding hydrogens is 350 g/mol. The normalized spacial score (nSPS) is 14.5. The fraction of sp³-hybridized carbons (Fsp3) is 0.263. The third-order valence-corrected chi connectivity index (χ3v) is 4.87. The number of hydrogen-bond acceptors (Lipinski definition) is 5. The fourth-order valence-corrected chi connectivity index (χ4v) is 3.42. The molecule has 0 atom stereocenters. The van der Waals surface area contributed by atoms with Gasteiger partial charge in [0.2, 0.25) is 0 Å². The first-order valence-electron chi connectivity index (χ1n) is 8.65. The fourth-order valence-electron chi connectivity index (χ4n) is 3.22. The molecule has 1 fully saturated rings. The molecule has 0 spiro atoms. The molecule has 2 N–H and O–H groups in total. The summed E-state index contributed by atoms with van der Waals surface area (Å²) in [4.78, 5) is 25.6. The summed E-state index contributed by atoms with van der Waals surface area (Å²) in [7, 11) is 0. The van der Waals surface area contributed by atoms with Gasteiger partial charge in [0.15, 0.2) is 5.65 Å². The van der Waals surface area contributed by atoms with Crippen LogP contribution in [-0.4, -0.2) is 26.9 Å². The summed E-state index contributed by atoms with van der Waals surface area (Å²) < 4.78 is 0. The molecule has 0 radical (unpaired) electrons. The summed E-state index contributed by atoms with van der Waals surface area (Å²) in [6.07, 6.45) is 7.92. The first-order valence-corrected chi connectivity index (χ1v) is 9.03. The van der Waals surface area contributed by atoms with Gasteiger partial charge >= 0.3 is 0 Å².